The molecule has 0 amide bonds. The first-order chi connectivity index (χ1) is 9.03. The first-order valence-electron chi connectivity index (χ1n) is 7.51. The van der Waals surface area contributed by atoms with Crippen molar-refractivity contribution in [2.75, 3.05) is 6.54 Å². The third kappa shape index (κ3) is 3.82. The van der Waals surface area contributed by atoms with Crippen molar-refractivity contribution in [2.45, 2.75) is 52.5 Å². The lowest BCUT2D eigenvalue weighted by Gasteiger charge is -2.35. The Hall–Kier alpha value is -0.340. The van der Waals surface area contributed by atoms with Crippen LogP contribution in [0.3, 0.4) is 0 Å². The van der Waals surface area contributed by atoms with Gasteiger partial charge in [-0.05, 0) is 54.8 Å². The molecular formula is C17H26BrN. The molecule has 2 unspecified atom stereocenters. The van der Waals surface area contributed by atoms with E-state index < -0.39 is 0 Å². The van der Waals surface area contributed by atoms with E-state index in [0.717, 1.165) is 18.9 Å². The Kier molecular flexibility index (Phi) is 5.08. The zero-order valence-corrected chi connectivity index (χ0v) is 14.0. The zero-order chi connectivity index (χ0) is 13.9. The average Bonchev–Trinajstić information content (AvgIpc) is 2.68. The molecule has 0 saturated heterocycles. The van der Waals surface area contributed by atoms with Gasteiger partial charge in [-0.2, -0.15) is 0 Å². The van der Waals surface area contributed by atoms with E-state index in [4.69, 9.17) is 0 Å². The number of halogens is 1. The number of benzene rings is 1. The predicted molar refractivity (Wildman–Crippen MR) is 86.4 cm³/mol. The van der Waals surface area contributed by atoms with Gasteiger partial charge in [0.15, 0.2) is 0 Å². The van der Waals surface area contributed by atoms with Crippen molar-refractivity contribution in [3.8, 4) is 0 Å². The molecule has 0 aromatic heterocycles. The highest BCUT2D eigenvalue weighted by atomic mass is 79.9. The maximum Gasteiger partial charge on any atom is 0.0178 e. The van der Waals surface area contributed by atoms with Crippen LogP contribution in [0.15, 0.2) is 28.7 Å². The quantitative estimate of drug-likeness (QED) is 0.821. The van der Waals surface area contributed by atoms with Crippen LogP contribution >= 0.6 is 15.9 Å². The van der Waals surface area contributed by atoms with Crippen LogP contribution in [0.4, 0.5) is 0 Å². The Morgan fingerprint density at radius 2 is 2.21 bits per heavy atom. The molecule has 2 rings (SSSR count). The van der Waals surface area contributed by atoms with Crippen molar-refractivity contribution in [3.63, 3.8) is 0 Å². The summed E-state index contributed by atoms with van der Waals surface area (Å²) >= 11 is 3.58. The highest BCUT2D eigenvalue weighted by Crippen LogP contribution is 2.45. The monoisotopic (exact) mass is 323 g/mol. The van der Waals surface area contributed by atoms with Gasteiger partial charge >= 0.3 is 0 Å². The van der Waals surface area contributed by atoms with E-state index in [1.54, 1.807) is 0 Å². The Labute approximate surface area is 126 Å². The smallest absolute Gasteiger partial charge is 0.0178 e. The number of hydrogen-bond acceptors (Lipinski definition) is 1. The number of hydrogen-bond donors (Lipinski definition) is 1. The number of likely N-dealkylation sites (N-methyl/N-ethyl adjacent to an activating group) is 1. The molecule has 2 heteroatoms. The molecule has 1 aromatic rings. The van der Waals surface area contributed by atoms with E-state index >= 15 is 0 Å². The molecular weight excluding hydrogens is 298 g/mol. The second kappa shape index (κ2) is 6.41. The average molecular weight is 324 g/mol. The molecule has 1 aliphatic rings. The van der Waals surface area contributed by atoms with Crippen LogP contribution in [0.25, 0.3) is 0 Å². The predicted octanol–water partition coefficient (Wildman–Crippen LogP) is 4.80. The van der Waals surface area contributed by atoms with E-state index in [1.165, 1.54) is 29.3 Å². The van der Waals surface area contributed by atoms with Crippen LogP contribution in [0.5, 0.6) is 0 Å². The molecule has 0 spiro atoms. The topological polar surface area (TPSA) is 12.0 Å². The summed E-state index contributed by atoms with van der Waals surface area (Å²) in [5.74, 6) is 0.798. The summed E-state index contributed by atoms with van der Waals surface area (Å²) < 4.78 is 1.19. The molecule has 0 radical (unpaired) electrons. The van der Waals surface area contributed by atoms with Gasteiger partial charge < -0.3 is 5.32 Å². The fraction of sp³-hybridized carbons (Fsp3) is 0.647. The van der Waals surface area contributed by atoms with Gasteiger partial charge in [0.1, 0.15) is 0 Å². The minimum absolute atomic E-state index is 0.485. The lowest BCUT2D eigenvalue weighted by molar-refractivity contribution is 0.197. The lowest BCUT2D eigenvalue weighted by Crippen LogP contribution is -2.42. The molecule has 1 saturated carbocycles. The van der Waals surface area contributed by atoms with Gasteiger partial charge in [0.2, 0.25) is 0 Å². The van der Waals surface area contributed by atoms with Gasteiger partial charge in [0, 0.05) is 10.5 Å². The molecule has 1 fully saturated rings. The van der Waals surface area contributed by atoms with Crippen LogP contribution in [0, 0.1) is 11.3 Å². The summed E-state index contributed by atoms with van der Waals surface area (Å²) in [7, 11) is 0. The van der Waals surface area contributed by atoms with E-state index in [2.05, 4.69) is 66.3 Å². The summed E-state index contributed by atoms with van der Waals surface area (Å²) in [6.07, 6.45) is 5.27. The van der Waals surface area contributed by atoms with Crippen LogP contribution < -0.4 is 5.32 Å². The summed E-state index contributed by atoms with van der Waals surface area (Å²) in [6, 6.07) is 9.35. The molecule has 1 aromatic carbocycles. The Balaban J connectivity index is 2.12. The van der Waals surface area contributed by atoms with E-state index in [9.17, 15) is 0 Å². The Morgan fingerprint density at radius 1 is 1.42 bits per heavy atom. The van der Waals surface area contributed by atoms with Gasteiger partial charge in [-0.1, -0.05) is 55.3 Å². The fourth-order valence-corrected chi connectivity index (χ4v) is 4.08. The Bertz CT molecular complexity index is 413. The van der Waals surface area contributed by atoms with Crippen molar-refractivity contribution >= 4 is 15.9 Å². The normalized spacial score (nSPS) is 23.5. The molecule has 2 atom stereocenters. The highest BCUT2D eigenvalue weighted by molar-refractivity contribution is 9.10. The molecule has 1 aliphatic carbocycles. The minimum atomic E-state index is 0.485. The van der Waals surface area contributed by atoms with Gasteiger partial charge in [-0.15, -0.1) is 0 Å². The Morgan fingerprint density at radius 3 is 2.79 bits per heavy atom. The second-order valence-electron chi connectivity index (χ2n) is 6.49. The summed E-state index contributed by atoms with van der Waals surface area (Å²) in [5, 5.41) is 3.73. The summed E-state index contributed by atoms with van der Waals surface area (Å²) in [5.41, 5.74) is 1.92. The van der Waals surface area contributed by atoms with Crippen molar-refractivity contribution in [2.24, 2.45) is 11.3 Å². The third-order valence-electron chi connectivity index (χ3n) is 4.64. The van der Waals surface area contributed by atoms with Crippen molar-refractivity contribution < 1.29 is 0 Å². The number of nitrogens with one attached hydrogen (secondary N) is 1. The first-order valence-corrected chi connectivity index (χ1v) is 8.30. The van der Waals surface area contributed by atoms with Gasteiger partial charge in [0.25, 0.3) is 0 Å². The van der Waals surface area contributed by atoms with E-state index in [0.29, 0.717) is 11.5 Å². The van der Waals surface area contributed by atoms with Crippen molar-refractivity contribution in [3.05, 3.63) is 34.3 Å². The van der Waals surface area contributed by atoms with E-state index in [-0.39, 0.29) is 0 Å². The molecule has 106 valence electrons. The van der Waals surface area contributed by atoms with Crippen LogP contribution in [0.1, 0.15) is 45.6 Å². The lowest BCUT2D eigenvalue weighted by atomic mass is 9.76. The van der Waals surface area contributed by atoms with E-state index in [1.807, 2.05) is 0 Å². The van der Waals surface area contributed by atoms with Gasteiger partial charge in [-0.25, -0.2) is 0 Å². The SMILES string of the molecule is CCNC(Cc1cccc(Br)c1)C1CCCC1(C)C. The summed E-state index contributed by atoms with van der Waals surface area (Å²) in [6.45, 7) is 8.16. The summed E-state index contributed by atoms with van der Waals surface area (Å²) in [4.78, 5) is 0. The zero-order valence-electron chi connectivity index (χ0n) is 12.4. The standard InChI is InChI=1S/C17H26BrN/c1-4-19-16(15-9-6-10-17(15,2)3)12-13-7-5-8-14(18)11-13/h5,7-8,11,15-16,19H,4,6,9-10,12H2,1-3H3. The van der Waals surface area contributed by atoms with Gasteiger partial charge in [0.05, 0.1) is 0 Å². The molecule has 1 nitrogen and oxygen atoms in total. The third-order valence-corrected chi connectivity index (χ3v) is 5.13. The van der Waals surface area contributed by atoms with Crippen LogP contribution in [-0.2, 0) is 6.42 Å². The van der Waals surface area contributed by atoms with Gasteiger partial charge in [-0.3, -0.25) is 0 Å². The molecule has 1 N–H and O–H groups in total. The maximum atomic E-state index is 3.73. The number of rotatable bonds is 5. The highest BCUT2D eigenvalue weighted by Gasteiger charge is 2.39. The molecule has 0 heterocycles. The molecule has 0 bridgehead atoms. The van der Waals surface area contributed by atoms with Crippen molar-refractivity contribution in [1.29, 1.82) is 0 Å². The first kappa shape index (κ1) is 15.1. The minimum Gasteiger partial charge on any atom is -0.314 e. The van der Waals surface area contributed by atoms with Crippen LogP contribution in [-0.4, -0.2) is 12.6 Å². The second-order valence-corrected chi connectivity index (χ2v) is 7.40. The molecule has 0 aliphatic heterocycles. The largest absolute Gasteiger partial charge is 0.314 e. The fourth-order valence-electron chi connectivity index (χ4n) is 3.64. The maximum absolute atomic E-state index is 3.73. The van der Waals surface area contributed by atoms with Crippen LogP contribution in [0.2, 0.25) is 0 Å². The van der Waals surface area contributed by atoms with Crippen molar-refractivity contribution in [1.82, 2.24) is 5.32 Å². The molecule has 19 heavy (non-hydrogen) atoms.